The Bertz CT molecular complexity index is 267. The van der Waals surface area contributed by atoms with Crippen LogP contribution in [0.25, 0.3) is 0 Å². The molecule has 0 radical (unpaired) electrons. The molecular formula is C14H26N2O. The van der Waals surface area contributed by atoms with E-state index < -0.39 is 0 Å². The van der Waals surface area contributed by atoms with Gasteiger partial charge in [0.05, 0.1) is 5.41 Å². The summed E-state index contributed by atoms with van der Waals surface area (Å²) in [5, 5.41) is 3.36. The molecule has 1 amide bonds. The molecule has 1 unspecified atom stereocenters. The minimum absolute atomic E-state index is 0.0932. The Kier molecular flexibility index (Phi) is 4.08. The minimum atomic E-state index is -0.0932. The molecule has 1 heterocycles. The van der Waals surface area contributed by atoms with Crippen LogP contribution in [0.2, 0.25) is 0 Å². The smallest absolute Gasteiger partial charge is 0.230 e. The Labute approximate surface area is 105 Å². The van der Waals surface area contributed by atoms with E-state index in [0.717, 1.165) is 51.4 Å². The summed E-state index contributed by atoms with van der Waals surface area (Å²) in [7, 11) is 0. The summed E-state index contributed by atoms with van der Waals surface area (Å²) >= 11 is 0. The Morgan fingerprint density at radius 2 is 2.18 bits per heavy atom. The van der Waals surface area contributed by atoms with E-state index in [4.69, 9.17) is 0 Å². The number of rotatable bonds is 6. The standard InChI is InChI=1S/C14H26N2O/c1-3-9-16(10-12-5-6-12)13(17)14(4-2)7-8-15-11-14/h12,15H,3-11H2,1-2H3. The van der Waals surface area contributed by atoms with Crippen molar-refractivity contribution in [3.05, 3.63) is 0 Å². The van der Waals surface area contributed by atoms with E-state index in [2.05, 4.69) is 24.1 Å². The summed E-state index contributed by atoms with van der Waals surface area (Å²) in [5.74, 6) is 1.22. The first-order valence-corrected chi connectivity index (χ1v) is 7.22. The third-order valence-corrected chi connectivity index (χ3v) is 4.33. The molecule has 0 aromatic rings. The first kappa shape index (κ1) is 12.9. The number of amides is 1. The van der Waals surface area contributed by atoms with Gasteiger partial charge in [0.2, 0.25) is 5.91 Å². The number of nitrogens with one attached hydrogen (secondary N) is 1. The van der Waals surface area contributed by atoms with Gasteiger partial charge in [0.1, 0.15) is 0 Å². The van der Waals surface area contributed by atoms with Gasteiger partial charge in [-0.15, -0.1) is 0 Å². The lowest BCUT2D eigenvalue weighted by atomic mass is 9.82. The van der Waals surface area contributed by atoms with Crippen molar-refractivity contribution >= 4 is 5.91 Å². The average Bonchev–Trinajstić information content (AvgIpc) is 3.02. The van der Waals surface area contributed by atoms with Gasteiger partial charge in [-0.05, 0) is 44.6 Å². The van der Waals surface area contributed by atoms with Crippen LogP contribution in [0.1, 0.15) is 46.0 Å². The molecule has 2 aliphatic rings. The molecule has 1 aliphatic carbocycles. The Morgan fingerprint density at radius 3 is 2.65 bits per heavy atom. The molecule has 1 saturated carbocycles. The van der Waals surface area contributed by atoms with Crippen molar-refractivity contribution in [2.45, 2.75) is 46.0 Å². The fraction of sp³-hybridized carbons (Fsp3) is 0.929. The van der Waals surface area contributed by atoms with Crippen LogP contribution >= 0.6 is 0 Å². The zero-order chi connectivity index (χ0) is 12.3. The Morgan fingerprint density at radius 1 is 1.41 bits per heavy atom. The van der Waals surface area contributed by atoms with Crippen LogP contribution in [0.3, 0.4) is 0 Å². The van der Waals surface area contributed by atoms with Crippen molar-refractivity contribution in [1.82, 2.24) is 10.2 Å². The van der Waals surface area contributed by atoms with Crippen molar-refractivity contribution in [2.24, 2.45) is 11.3 Å². The van der Waals surface area contributed by atoms with Crippen LogP contribution in [0.5, 0.6) is 0 Å². The first-order valence-electron chi connectivity index (χ1n) is 7.22. The van der Waals surface area contributed by atoms with Gasteiger partial charge in [-0.2, -0.15) is 0 Å². The van der Waals surface area contributed by atoms with Gasteiger partial charge in [-0.25, -0.2) is 0 Å². The summed E-state index contributed by atoms with van der Waals surface area (Å²) in [6, 6.07) is 0. The zero-order valence-electron chi connectivity index (χ0n) is 11.3. The van der Waals surface area contributed by atoms with Gasteiger partial charge in [-0.3, -0.25) is 4.79 Å². The summed E-state index contributed by atoms with van der Waals surface area (Å²) in [5.41, 5.74) is -0.0932. The van der Waals surface area contributed by atoms with Crippen molar-refractivity contribution in [3.8, 4) is 0 Å². The molecule has 0 bridgehead atoms. The molecule has 98 valence electrons. The maximum Gasteiger partial charge on any atom is 0.230 e. The number of hydrogen-bond donors (Lipinski definition) is 1. The second-order valence-corrected chi connectivity index (χ2v) is 5.76. The second-order valence-electron chi connectivity index (χ2n) is 5.76. The maximum atomic E-state index is 12.7. The first-order chi connectivity index (χ1) is 8.22. The predicted molar refractivity (Wildman–Crippen MR) is 69.8 cm³/mol. The molecule has 3 nitrogen and oxygen atoms in total. The third kappa shape index (κ3) is 2.82. The fourth-order valence-corrected chi connectivity index (χ4v) is 2.87. The molecular weight excluding hydrogens is 212 g/mol. The number of carbonyl (C=O) groups is 1. The molecule has 2 fully saturated rings. The number of hydrogen-bond acceptors (Lipinski definition) is 2. The quantitative estimate of drug-likeness (QED) is 0.768. The minimum Gasteiger partial charge on any atom is -0.342 e. The topological polar surface area (TPSA) is 32.3 Å². The van der Waals surface area contributed by atoms with Crippen LogP contribution < -0.4 is 5.32 Å². The van der Waals surface area contributed by atoms with E-state index >= 15 is 0 Å². The van der Waals surface area contributed by atoms with Gasteiger partial charge in [0.15, 0.2) is 0 Å². The normalized spacial score (nSPS) is 28.4. The van der Waals surface area contributed by atoms with E-state index in [0.29, 0.717) is 5.91 Å². The highest BCUT2D eigenvalue weighted by molar-refractivity contribution is 5.83. The van der Waals surface area contributed by atoms with E-state index in [1.807, 2.05) is 0 Å². The maximum absolute atomic E-state index is 12.7. The lowest BCUT2D eigenvalue weighted by Crippen LogP contribution is -2.46. The van der Waals surface area contributed by atoms with Crippen LogP contribution in [-0.4, -0.2) is 37.0 Å². The monoisotopic (exact) mass is 238 g/mol. The number of nitrogens with zero attached hydrogens (tertiary/aromatic N) is 1. The van der Waals surface area contributed by atoms with Gasteiger partial charge < -0.3 is 10.2 Å². The summed E-state index contributed by atoms with van der Waals surface area (Å²) in [6.07, 6.45) is 5.72. The second kappa shape index (κ2) is 5.38. The predicted octanol–water partition coefficient (Wildman–Crippen LogP) is 2.02. The van der Waals surface area contributed by atoms with E-state index in [-0.39, 0.29) is 5.41 Å². The van der Waals surface area contributed by atoms with Gasteiger partial charge in [-0.1, -0.05) is 13.8 Å². The third-order valence-electron chi connectivity index (χ3n) is 4.33. The van der Waals surface area contributed by atoms with Crippen LogP contribution in [0.15, 0.2) is 0 Å². The molecule has 1 N–H and O–H groups in total. The molecule has 1 atom stereocenters. The van der Waals surface area contributed by atoms with Crippen LogP contribution in [0.4, 0.5) is 0 Å². The lowest BCUT2D eigenvalue weighted by Gasteiger charge is -2.33. The Balaban J connectivity index is 2.02. The molecule has 1 saturated heterocycles. The van der Waals surface area contributed by atoms with Crippen molar-refractivity contribution in [1.29, 1.82) is 0 Å². The SMILES string of the molecule is CCCN(CC1CC1)C(=O)C1(CC)CCNC1. The molecule has 0 spiro atoms. The van der Waals surface area contributed by atoms with Gasteiger partial charge in [0, 0.05) is 19.6 Å². The molecule has 2 rings (SSSR count). The summed E-state index contributed by atoms with van der Waals surface area (Å²) in [4.78, 5) is 14.9. The molecule has 3 heteroatoms. The lowest BCUT2D eigenvalue weighted by molar-refractivity contribution is -0.141. The van der Waals surface area contributed by atoms with Gasteiger partial charge >= 0.3 is 0 Å². The number of carbonyl (C=O) groups excluding carboxylic acids is 1. The highest BCUT2D eigenvalue weighted by Gasteiger charge is 2.42. The van der Waals surface area contributed by atoms with Crippen molar-refractivity contribution in [3.63, 3.8) is 0 Å². The van der Waals surface area contributed by atoms with Gasteiger partial charge in [0.25, 0.3) is 0 Å². The molecule has 17 heavy (non-hydrogen) atoms. The van der Waals surface area contributed by atoms with Crippen molar-refractivity contribution in [2.75, 3.05) is 26.2 Å². The van der Waals surface area contributed by atoms with E-state index in [9.17, 15) is 4.79 Å². The van der Waals surface area contributed by atoms with Crippen molar-refractivity contribution < 1.29 is 4.79 Å². The molecule has 1 aliphatic heterocycles. The Hall–Kier alpha value is -0.570. The summed E-state index contributed by atoms with van der Waals surface area (Å²) < 4.78 is 0. The molecule has 0 aromatic carbocycles. The van der Waals surface area contributed by atoms with E-state index in [1.54, 1.807) is 0 Å². The van der Waals surface area contributed by atoms with E-state index in [1.165, 1.54) is 12.8 Å². The highest BCUT2D eigenvalue weighted by atomic mass is 16.2. The fourth-order valence-electron chi connectivity index (χ4n) is 2.87. The molecule has 0 aromatic heterocycles. The zero-order valence-corrected chi connectivity index (χ0v) is 11.3. The summed E-state index contributed by atoms with van der Waals surface area (Å²) in [6.45, 7) is 8.16. The van der Waals surface area contributed by atoms with Crippen LogP contribution in [0, 0.1) is 11.3 Å². The van der Waals surface area contributed by atoms with Crippen LogP contribution in [-0.2, 0) is 4.79 Å². The average molecular weight is 238 g/mol. The largest absolute Gasteiger partial charge is 0.342 e. The highest BCUT2D eigenvalue weighted by Crippen LogP contribution is 2.35.